The summed E-state index contributed by atoms with van der Waals surface area (Å²) >= 11 is 0. The molecule has 0 bridgehead atoms. The van der Waals surface area contributed by atoms with Crippen molar-refractivity contribution in [1.29, 1.82) is 0 Å². The zero-order valence-electron chi connectivity index (χ0n) is 27.8. The number of allylic oxidation sites excluding steroid dienone is 9. The zero-order valence-corrected chi connectivity index (χ0v) is 27.8. The highest BCUT2D eigenvalue weighted by Crippen LogP contribution is 2.57. The van der Waals surface area contributed by atoms with Crippen LogP contribution in [0.2, 0.25) is 0 Å². The molecule has 0 amide bonds. The lowest BCUT2D eigenvalue weighted by molar-refractivity contribution is 0.257. The van der Waals surface area contributed by atoms with Crippen LogP contribution in [0.3, 0.4) is 0 Å². The second-order valence-corrected chi connectivity index (χ2v) is 15.1. The lowest BCUT2D eigenvalue weighted by atomic mass is 9.68. The lowest BCUT2D eigenvalue weighted by Gasteiger charge is -2.35. The molecule has 1 nitrogen and oxygen atoms in total. The Hall–Kier alpha value is -4.88. The molecule has 4 aromatic rings. The molecule has 0 radical (unpaired) electrons. The van der Waals surface area contributed by atoms with Crippen molar-refractivity contribution in [2.24, 2.45) is 5.92 Å². The van der Waals surface area contributed by atoms with Crippen LogP contribution in [0.15, 0.2) is 144 Å². The largest absolute Gasteiger partial charge is 0.484 e. The average Bonchev–Trinajstić information content (AvgIpc) is 3.63. The minimum atomic E-state index is 0.0814. The van der Waals surface area contributed by atoms with E-state index in [4.69, 9.17) is 4.74 Å². The van der Waals surface area contributed by atoms with Gasteiger partial charge >= 0.3 is 0 Å². The highest BCUT2D eigenvalue weighted by atomic mass is 16.5. The SMILES string of the molecule is CC1(C)c2ccccc2C2=CC3=C(CC21)c1cc(-c2cccc(C4=CC=C(C5=CC=CC6c7ccccc7OC56)CC4)c2)ccc1CC3. The van der Waals surface area contributed by atoms with E-state index in [9.17, 15) is 0 Å². The van der Waals surface area contributed by atoms with Gasteiger partial charge in [0.1, 0.15) is 11.9 Å². The predicted molar refractivity (Wildman–Crippen MR) is 199 cm³/mol. The Balaban J connectivity index is 0.944. The van der Waals surface area contributed by atoms with Gasteiger partial charge in [-0.05, 0) is 134 Å². The normalized spacial score (nSPS) is 24.1. The number of para-hydroxylation sites is 1. The van der Waals surface area contributed by atoms with E-state index in [1.165, 1.54) is 61.2 Å². The number of ether oxygens (including phenoxy) is 1. The van der Waals surface area contributed by atoms with E-state index < -0.39 is 0 Å². The minimum Gasteiger partial charge on any atom is -0.484 e. The highest BCUT2D eigenvalue weighted by Gasteiger charge is 2.45. The first kappa shape index (κ1) is 28.2. The van der Waals surface area contributed by atoms with Crippen molar-refractivity contribution in [2.45, 2.75) is 63.4 Å². The molecule has 3 unspecified atom stereocenters. The fraction of sp³-hybridized carbons (Fsp3) is 0.234. The van der Waals surface area contributed by atoms with Gasteiger partial charge in [-0.2, -0.15) is 0 Å². The number of rotatable bonds is 3. The third kappa shape index (κ3) is 4.23. The van der Waals surface area contributed by atoms with E-state index >= 15 is 0 Å². The summed E-state index contributed by atoms with van der Waals surface area (Å²) in [5.41, 5.74) is 20.2. The Morgan fingerprint density at radius 3 is 2.40 bits per heavy atom. The van der Waals surface area contributed by atoms with Crippen molar-refractivity contribution in [1.82, 2.24) is 0 Å². The Bertz CT molecular complexity index is 2230. The van der Waals surface area contributed by atoms with Gasteiger partial charge in [0.05, 0.1) is 0 Å². The Morgan fingerprint density at radius 1 is 0.667 bits per heavy atom. The molecular formula is C47H40O. The van der Waals surface area contributed by atoms with Gasteiger partial charge in [0, 0.05) is 11.5 Å². The Kier molecular flexibility index (Phi) is 6.20. The summed E-state index contributed by atoms with van der Waals surface area (Å²) in [5, 5.41) is 0. The molecule has 0 saturated heterocycles. The van der Waals surface area contributed by atoms with Crippen molar-refractivity contribution in [2.75, 3.05) is 0 Å². The van der Waals surface area contributed by atoms with Gasteiger partial charge in [0.15, 0.2) is 0 Å². The first-order chi connectivity index (χ1) is 23.5. The monoisotopic (exact) mass is 620 g/mol. The first-order valence-electron chi connectivity index (χ1n) is 17.8. The van der Waals surface area contributed by atoms with Gasteiger partial charge in [-0.15, -0.1) is 0 Å². The molecule has 0 spiro atoms. The van der Waals surface area contributed by atoms with E-state index in [2.05, 4.69) is 141 Å². The maximum absolute atomic E-state index is 6.48. The van der Waals surface area contributed by atoms with Crippen LogP contribution in [0, 0.1) is 5.92 Å². The Labute approximate surface area is 284 Å². The number of fused-ring (bicyclic) bond motifs is 8. The van der Waals surface area contributed by atoms with Crippen LogP contribution in [0.1, 0.15) is 78.8 Å². The fourth-order valence-corrected chi connectivity index (χ4v) is 9.62. The number of benzene rings is 4. The highest BCUT2D eigenvalue weighted by molar-refractivity contribution is 5.89. The molecule has 1 aliphatic heterocycles. The average molecular weight is 621 g/mol. The molecule has 0 N–H and O–H groups in total. The quantitative estimate of drug-likeness (QED) is 0.221. The summed E-state index contributed by atoms with van der Waals surface area (Å²) < 4.78 is 6.48. The second kappa shape index (κ2) is 10.6. The molecule has 1 heteroatoms. The minimum absolute atomic E-state index is 0.0814. The van der Waals surface area contributed by atoms with Crippen LogP contribution < -0.4 is 4.74 Å². The molecule has 234 valence electrons. The number of hydrogen-bond donors (Lipinski definition) is 0. The van der Waals surface area contributed by atoms with Crippen LogP contribution >= 0.6 is 0 Å². The molecule has 4 aromatic carbocycles. The van der Waals surface area contributed by atoms with E-state index in [1.54, 1.807) is 16.7 Å². The number of hydrogen-bond acceptors (Lipinski definition) is 1. The van der Waals surface area contributed by atoms with E-state index in [0.717, 1.165) is 37.9 Å². The van der Waals surface area contributed by atoms with E-state index in [1.807, 2.05) is 0 Å². The van der Waals surface area contributed by atoms with Gasteiger partial charge in [-0.1, -0.05) is 123 Å². The van der Waals surface area contributed by atoms with E-state index in [0.29, 0.717) is 11.8 Å². The molecule has 48 heavy (non-hydrogen) atoms. The molecule has 0 aromatic heterocycles. The van der Waals surface area contributed by atoms with Crippen molar-refractivity contribution in [3.05, 3.63) is 178 Å². The summed E-state index contributed by atoms with van der Waals surface area (Å²) in [6, 6.07) is 34.1. The van der Waals surface area contributed by atoms with Crippen molar-refractivity contribution in [3.63, 3.8) is 0 Å². The van der Waals surface area contributed by atoms with Crippen LogP contribution in [0.25, 0.3) is 27.8 Å². The summed E-state index contributed by atoms with van der Waals surface area (Å²) in [5.74, 6) is 1.87. The van der Waals surface area contributed by atoms with Gasteiger partial charge in [-0.3, -0.25) is 0 Å². The lowest BCUT2D eigenvalue weighted by Crippen LogP contribution is -2.26. The van der Waals surface area contributed by atoms with Crippen molar-refractivity contribution >= 4 is 16.7 Å². The van der Waals surface area contributed by atoms with Crippen LogP contribution in [0.5, 0.6) is 5.75 Å². The molecule has 10 rings (SSSR count). The molecule has 0 fully saturated rings. The standard InChI is InChI=1S/C47H40O/c1-47(2)43-15-5-3-11-37(43)42-27-35-24-22-31-21-23-34(26-40(31)41(35)28-44(42)47)33-10-7-9-32(25-33)29-17-19-30(20-18-29)36-13-8-14-39-38-12-4-6-16-45(38)48-46(36)39/h3-17,19,21,23,25-27,39,44,46H,18,20,22,24,28H2,1-2H3. The molecule has 5 aliphatic carbocycles. The Morgan fingerprint density at radius 2 is 1.48 bits per heavy atom. The van der Waals surface area contributed by atoms with E-state index in [-0.39, 0.29) is 11.5 Å². The molecule has 6 aliphatic rings. The molecule has 0 saturated carbocycles. The number of aryl methyl sites for hydroxylation is 1. The third-order valence-electron chi connectivity index (χ3n) is 12.2. The first-order valence-corrected chi connectivity index (χ1v) is 17.8. The van der Waals surface area contributed by atoms with Gasteiger partial charge in [0.2, 0.25) is 0 Å². The summed E-state index contributed by atoms with van der Waals surface area (Å²) in [7, 11) is 0. The molecule has 3 atom stereocenters. The van der Waals surface area contributed by atoms with Gasteiger partial charge in [-0.25, -0.2) is 0 Å². The van der Waals surface area contributed by atoms with Crippen LogP contribution in [0.4, 0.5) is 0 Å². The van der Waals surface area contributed by atoms with Crippen molar-refractivity contribution in [3.8, 4) is 16.9 Å². The topological polar surface area (TPSA) is 9.23 Å². The van der Waals surface area contributed by atoms with Gasteiger partial charge in [0.25, 0.3) is 0 Å². The fourth-order valence-electron chi connectivity index (χ4n) is 9.62. The second-order valence-electron chi connectivity index (χ2n) is 15.1. The van der Waals surface area contributed by atoms with Gasteiger partial charge < -0.3 is 4.74 Å². The zero-order chi connectivity index (χ0) is 32.0. The molecule has 1 heterocycles. The summed E-state index contributed by atoms with van der Waals surface area (Å²) in [6.45, 7) is 4.90. The maximum atomic E-state index is 6.48. The smallest absolute Gasteiger partial charge is 0.134 e. The third-order valence-corrected chi connectivity index (χ3v) is 12.2. The predicted octanol–water partition coefficient (Wildman–Crippen LogP) is 11.6. The van der Waals surface area contributed by atoms with Crippen LogP contribution in [-0.4, -0.2) is 6.10 Å². The summed E-state index contributed by atoms with van der Waals surface area (Å²) in [4.78, 5) is 0. The van der Waals surface area contributed by atoms with Crippen LogP contribution in [-0.2, 0) is 11.8 Å². The summed E-state index contributed by atoms with van der Waals surface area (Å²) in [6.07, 6.45) is 19.6. The maximum Gasteiger partial charge on any atom is 0.134 e. The van der Waals surface area contributed by atoms with Crippen molar-refractivity contribution < 1.29 is 4.74 Å². The molecular weight excluding hydrogens is 581 g/mol.